The van der Waals surface area contributed by atoms with E-state index in [1.165, 1.54) is 7.11 Å². The van der Waals surface area contributed by atoms with Gasteiger partial charge < -0.3 is 15.0 Å². The monoisotopic (exact) mass is 296 g/mol. The van der Waals surface area contributed by atoms with Crippen molar-refractivity contribution in [3.05, 3.63) is 0 Å². The molecule has 1 heterocycles. The van der Waals surface area contributed by atoms with E-state index < -0.39 is 24.2 Å². The summed E-state index contributed by atoms with van der Waals surface area (Å²) in [5.74, 6) is -0.577. The Balaban J connectivity index is 2.94. The van der Waals surface area contributed by atoms with Gasteiger partial charge >= 0.3 is 6.18 Å². The molecule has 1 fully saturated rings. The molecule has 0 saturated carbocycles. The minimum absolute atomic E-state index is 0.335. The Hall–Kier alpha value is -0.820. The average Bonchev–Trinajstić information content (AvgIpc) is 2.43. The highest BCUT2D eigenvalue weighted by molar-refractivity contribution is 5.85. The lowest BCUT2D eigenvalue weighted by Crippen LogP contribution is -2.56. The van der Waals surface area contributed by atoms with E-state index in [2.05, 4.69) is 5.32 Å². The molecule has 0 spiro atoms. The maximum atomic E-state index is 12.8. The molecule has 1 aliphatic rings. The van der Waals surface area contributed by atoms with Crippen LogP contribution in [0.25, 0.3) is 0 Å². The number of nitrogens with zero attached hydrogens (tertiary/aromatic N) is 1. The minimum Gasteiger partial charge on any atom is -0.369 e. The summed E-state index contributed by atoms with van der Waals surface area (Å²) in [6.45, 7) is 3.31. The third-order valence-electron chi connectivity index (χ3n) is 3.94. The molecular weight excluding hydrogens is 273 g/mol. The maximum Gasteiger partial charge on any atom is 0.406 e. The molecule has 0 aliphatic carbocycles. The molecule has 1 unspecified atom stereocenters. The largest absolute Gasteiger partial charge is 0.406 e. The van der Waals surface area contributed by atoms with E-state index >= 15 is 0 Å². The van der Waals surface area contributed by atoms with Gasteiger partial charge in [-0.2, -0.15) is 13.2 Å². The number of ether oxygens (including phenoxy) is 1. The zero-order chi connectivity index (χ0) is 15.4. The second kappa shape index (κ2) is 6.76. The molecule has 1 rings (SSSR count). The third-order valence-corrected chi connectivity index (χ3v) is 3.94. The number of hydrogen-bond acceptors (Lipinski definition) is 3. The molecule has 0 radical (unpaired) electrons. The van der Waals surface area contributed by atoms with Crippen LogP contribution in [0.4, 0.5) is 13.2 Å². The summed E-state index contributed by atoms with van der Waals surface area (Å²) in [5.41, 5.74) is -1.20. The Bertz CT molecular complexity index is 324. The van der Waals surface area contributed by atoms with Crippen LogP contribution in [0, 0.1) is 0 Å². The number of nitrogens with one attached hydrogen (secondary N) is 1. The minimum atomic E-state index is -4.40. The summed E-state index contributed by atoms with van der Waals surface area (Å²) in [6.07, 6.45) is -3.00. The number of halogens is 3. The molecule has 1 saturated heterocycles. The number of methoxy groups -OCH3 is 1. The van der Waals surface area contributed by atoms with Gasteiger partial charge in [-0.3, -0.25) is 4.79 Å². The SMILES string of the molecule is CCC(C)(OC)C(=O)N(CC(F)(F)F)C1CCNCC1. The lowest BCUT2D eigenvalue weighted by atomic mass is 9.97. The van der Waals surface area contributed by atoms with Crippen molar-refractivity contribution < 1.29 is 22.7 Å². The zero-order valence-electron chi connectivity index (χ0n) is 12.2. The number of alkyl halides is 3. The van der Waals surface area contributed by atoms with Crippen molar-refractivity contribution >= 4 is 5.91 Å². The Morgan fingerprint density at radius 2 is 1.90 bits per heavy atom. The molecule has 0 bridgehead atoms. The number of hydrogen-bond donors (Lipinski definition) is 1. The van der Waals surface area contributed by atoms with Crippen LogP contribution in [0.3, 0.4) is 0 Å². The molecule has 20 heavy (non-hydrogen) atoms. The van der Waals surface area contributed by atoms with Crippen molar-refractivity contribution in [2.24, 2.45) is 0 Å². The van der Waals surface area contributed by atoms with E-state index in [-0.39, 0.29) is 6.04 Å². The molecule has 0 aromatic heterocycles. The van der Waals surface area contributed by atoms with E-state index in [1.807, 2.05) is 0 Å². The highest BCUT2D eigenvalue weighted by atomic mass is 19.4. The standard InChI is InChI=1S/C13H23F3N2O2/c1-4-12(2,20-3)11(19)18(9-13(14,15)16)10-5-7-17-8-6-10/h10,17H,4-9H2,1-3H3. The molecule has 1 N–H and O–H groups in total. The molecule has 4 nitrogen and oxygen atoms in total. The molecule has 1 atom stereocenters. The summed E-state index contributed by atoms with van der Waals surface area (Å²) >= 11 is 0. The zero-order valence-corrected chi connectivity index (χ0v) is 12.2. The molecule has 0 aromatic carbocycles. The van der Waals surface area contributed by atoms with Gasteiger partial charge in [0.05, 0.1) is 0 Å². The topological polar surface area (TPSA) is 41.6 Å². The van der Waals surface area contributed by atoms with Gasteiger partial charge in [-0.05, 0) is 39.3 Å². The molecular formula is C13H23F3N2O2. The van der Waals surface area contributed by atoms with E-state index in [1.54, 1.807) is 13.8 Å². The van der Waals surface area contributed by atoms with E-state index in [0.29, 0.717) is 32.4 Å². The lowest BCUT2D eigenvalue weighted by Gasteiger charge is -2.39. The Kier molecular flexibility index (Phi) is 5.82. The second-order valence-electron chi connectivity index (χ2n) is 5.32. The summed E-state index contributed by atoms with van der Waals surface area (Å²) < 4.78 is 43.5. The summed E-state index contributed by atoms with van der Waals surface area (Å²) in [7, 11) is 1.36. The van der Waals surface area contributed by atoms with Gasteiger partial charge in [0.2, 0.25) is 0 Å². The van der Waals surface area contributed by atoms with Crippen molar-refractivity contribution in [3.8, 4) is 0 Å². The van der Waals surface area contributed by atoms with Gasteiger partial charge in [0.15, 0.2) is 0 Å². The number of carbonyl (C=O) groups is 1. The van der Waals surface area contributed by atoms with Gasteiger partial charge in [0.25, 0.3) is 5.91 Å². The van der Waals surface area contributed by atoms with Crippen molar-refractivity contribution in [2.75, 3.05) is 26.7 Å². The van der Waals surface area contributed by atoms with Crippen LogP contribution in [0.2, 0.25) is 0 Å². The summed E-state index contributed by atoms with van der Waals surface area (Å²) in [4.78, 5) is 13.4. The predicted octanol–water partition coefficient (Wildman–Crippen LogP) is 1.94. The average molecular weight is 296 g/mol. The molecule has 1 aliphatic heterocycles. The predicted molar refractivity (Wildman–Crippen MR) is 69.4 cm³/mol. The van der Waals surface area contributed by atoms with Gasteiger partial charge in [0.1, 0.15) is 12.1 Å². The van der Waals surface area contributed by atoms with E-state index in [4.69, 9.17) is 4.74 Å². The van der Waals surface area contributed by atoms with Crippen LogP contribution < -0.4 is 5.32 Å². The lowest BCUT2D eigenvalue weighted by molar-refractivity contribution is -0.180. The van der Waals surface area contributed by atoms with Crippen molar-refractivity contribution in [2.45, 2.75) is 50.9 Å². The first-order valence-electron chi connectivity index (χ1n) is 6.87. The number of piperidine rings is 1. The Morgan fingerprint density at radius 3 is 2.30 bits per heavy atom. The van der Waals surface area contributed by atoms with Gasteiger partial charge in [-0.15, -0.1) is 0 Å². The maximum absolute atomic E-state index is 12.8. The second-order valence-corrected chi connectivity index (χ2v) is 5.32. The van der Waals surface area contributed by atoms with E-state index in [9.17, 15) is 18.0 Å². The van der Waals surface area contributed by atoms with Gasteiger partial charge in [0, 0.05) is 13.2 Å². The highest BCUT2D eigenvalue weighted by Gasteiger charge is 2.43. The number of rotatable bonds is 5. The third kappa shape index (κ3) is 4.34. The van der Waals surface area contributed by atoms with Crippen LogP contribution in [0.5, 0.6) is 0 Å². The van der Waals surface area contributed by atoms with Crippen molar-refractivity contribution in [1.82, 2.24) is 10.2 Å². The first-order valence-corrected chi connectivity index (χ1v) is 6.87. The number of carbonyl (C=O) groups excluding carboxylic acids is 1. The smallest absolute Gasteiger partial charge is 0.369 e. The molecule has 118 valence electrons. The summed E-state index contributed by atoms with van der Waals surface area (Å²) in [6, 6.07) is -0.383. The fourth-order valence-electron chi connectivity index (χ4n) is 2.36. The van der Waals surface area contributed by atoms with Crippen LogP contribution in [0.1, 0.15) is 33.1 Å². The van der Waals surface area contributed by atoms with Crippen molar-refractivity contribution in [1.29, 1.82) is 0 Å². The normalized spacial score (nSPS) is 20.5. The van der Waals surface area contributed by atoms with Crippen molar-refractivity contribution in [3.63, 3.8) is 0 Å². The molecule has 1 amide bonds. The Labute approximate surface area is 117 Å². The van der Waals surface area contributed by atoms with E-state index in [0.717, 1.165) is 4.90 Å². The summed E-state index contributed by atoms with van der Waals surface area (Å²) in [5, 5.41) is 3.09. The molecule has 7 heteroatoms. The highest BCUT2D eigenvalue weighted by Crippen LogP contribution is 2.26. The van der Waals surface area contributed by atoms with Gasteiger partial charge in [-0.1, -0.05) is 6.92 Å². The number of amides is 1. The Morgan fingerprint density at radius 1 is 1.35 bits per heavy atom. The van der Waals surface area contributed by atoms with Crippen LogP contribution in [0.15, 0.2) is 0 Å². The molecule has 0 aromatic rings. The van der Waals surface area contributed by atoms with Crippen LogP contribution >= 0.6 is 0 Å². The first-order chi connectivity index (χ1) is 9.23. The quantitative estimate of drug-likeness (QED) is 0.843. The van der Waals surface area contributed by atoms with Crippen LogP contribution in [-0.2, 0) is 9.53 Å². The fourth-order valence-corrected chi connectivity index (χ4v) is 2.36. The fraction of sp³-hybridized carbons (Fsp3) is 0.923. The van der Waals surface area contributed by atoms with Crippen LogP contribution in [-0.4, -0.2) is 55.4 Å². The van der Waals surface area contributed by atoms with Gasteiger partial charge in [-0.25, -0.2) is 0 Å². The first kappa shape index (κ1) is 17.2.